The van der Waals surface area contributed by atoms with Gasteiger partial charge in [-0.05, 0) is 37.6 Å². The molecule has 0 spiro atoms. The predicted molar refractivity (Wildman–Crippen MR) is 72.9 cm³/mol. The summed E-state index contributed by atoms with van der Waals surface area (Å²) in [6, 6.07) is 8.05. The third-order valence-corrected chi connectivity index (χ3v) is 3.25. The molecule has 5 heteroatoms. The lowest BCUT2D eigenvalue weighted by Crippen LogP contribution is -1.94. The molecule has 3 aromatic rings. The summed E-state index contributed by atoms with van der Waals surface area (Å²) in [6.45, 7) is 3.77. The average Bonchev–Trinajstić information content (AvgIpc) is 2.67. The molecule has 3 rings (SSSR count). The number of hydrogen-bond donors (Lipinski definition) is 0. The molecule has 0 saturated carbocycles. The van der Waals surface area contributed by atoms with Crippen molar-refractivity contribution in [1.29, 1.82) is 0 Å². The molecule has 1 aromatic carbocycles. The summed E-state index contributed by atoms with van der Waals surface area (Å²) >= 11 is 6.16. The van der Waals surface area contributed by atoms with Gasteiger partial charge in [0, 0.05) is 11.3 Å². The summed E-state index contributed by atoms with van der Waals surface area (Å²) in [7, 11) is 0. The van der Waals surface area contributed by atoms with Crippen LogP contribution in [0, 0.1) is 19.7 Å². The van der Waals surface area contributed by atoms with Crippen molar-refractivity contribution in [2.24, 2.45) is 0 Å². The molecule has 0 N–H and O–H groups in total. The van der Waals surface area contributed by atoms with Gasteiger partial charge < -0.3 is 0 Å². The third kappa shape index (κ3) is 1.98. The lowest BCUT2D eigenvalue weighted by molar-refractivity contribution is 0.628. The van der Waals surface area contributed by atoms with E-state index in [9.17, 15) is 4.39 Å². The van der Waals surface area contributed by atoms with Crippen LogP contribution in [0.5, 0.6) is 0 Å². The van der Waals surface area contributed by atoms with E-state index in [0.29, 0.717) is 10.8 Å². The van der Waals surface area contributed by atoms with Crippen LogP contribution in [-0.4, -0.2) is 14.6 Å². The van der Waals surface area contributed by atoms with Gasteiger partial charge in [-0.1, -0.05) is 23.7 Å². The second kappa shape index (κ2) is 4.31. The molecule has 19 heavy (non-hydrogen) atoms. The Kier molecular flexibility index (Phi) is 2.75. The highest BCUT2D eigenvalue weighted by atomic mass is 35.5. The van der Waals surface area contributed by atoms with E-state index in [-0.39, 0.29) is 5.82 Å². The number of fused-ring (bicyclic) bond motifs is 1. The smallest absolute Gasteiger partial charge is 0.165 e. The van der Waals surface area contributed by atoms with Crippen LogP contribution in [-0.2, 0) is 0 Å². The SMILES string of the molecule is Cc1cc(Cl)n2nc(C)c(-c3ccc(F)cc3)c2n1. The van der Waals surface area contributed by atoms with E-state index in [2.05, 4.69) is 10.1 Å². The number of benzene rings is 1. The number of halogens is 2. The zero-order valence-electron chi connectivity index (χ0n) is 10.5. The Labute approximate surface area is 114 Å². The van der Waals surface area contributed by atoms with Gasteiger partial charge in [-0.25, -0.2) is 13.9 Å². The van der Waals surface area contributed by atoms with Crippen LogP contribution < -0.4 is 0 Å². The van der Waals surface area contributed by atoms with E-state index in [1.807, 2.05) is 13.8 Å². The van der Waals surface area contributed by atoms with Crippen LogP contribution in [0.2, 0.25) is 5.15 Å². The third-order valence-electron chi connectivity index (χ3n) is 2.98. The molecular formula is C14H11ClFN3. The fraction of sp³-hybridized carbons (Fsp3) is 0.143. The van der Waals surface area contributed by atoms with E-state index < -0.39 is 0 Å². The Balaban J connectivity index is 2.34. The molecule has 0 aliphatic carbocycles. The molecule has 96 valence electrons. The molecule has 2 heterocycles. The Morgan fingerprint density at radius 2 is 1.84 bits per heavy atom. The second-order valence-corrected chi connectivity index (χ2v) is 4.81. The van der Waals surface area contributed by atoms with Crippen molar-refractivity contribution in [3.05, 3.63) is 52.7 Å². The summed E-state index contributed by atoms with van der Waals surface area (Å²) in [6.07, 6.45) is 0. The summed E-state index contributed by atoms with van der Waals surface area (Å²) in [5.74, 6) is -0.264. The highest BCUT2D eigenvalue weighted by Crippen LogP contribution is 2.29. The molecule has 3 nitrogen and oxygen atoms in total. The van der Waals surface area contributed by atoms with Gasteiger partial charge in [0.15, 0.2) is 5.65 Å². The van der Waals surface area contributed by atoms with Gasteiger partial charge in [-0.3, -0.25) is 0 Å². The molecular weight excluding hydrogens is 265 g/mol. The monoisotopic (exact) mass is 275 g/mol. The first kappa shape index (κ1) is 12.1. The van der Waals surface area contributed by atoms with Gasteiger partial charge >= 0.3 is 0 Å². The molecule has 0 unspecified atom stereocenters. The van der Waals surface area contributed by atoms with Gasteiger partial charge in [-0.15, -0.1) is 0 Å². The van der Waals surface area contributed by atoms with E-state index in [0.717, 1.165) is 22.5 Å². The number of rotatable bonds is 1. The molecule has 0 radical (unpaired) electrons. The summed E-state index contributed by atoms with van der Waals surface area (Å²) in [4.78, 5) is 4.48. The maximum Gasteiger partial charge on any atom is 0.165 e. The second-order valence-electron chi connectivity index (χ2n) is 4.42. The molecule has 0 aliphatic heterocycles. The summed E-state index contributed by atoms with van der Waals surface area (Å²) in [5.41, 5.74) is 4.08. The van der Waals surface area contributed by atoms with Crippen LogP contribution in [0.1, 0.15) is 11.4 Å². The minimum Gasteiger partial charge on any atom is -0.233 e. The lowest BCUT2D eigenvalue weighted by atomic mass is 10.1. The predicted octanol–water partition coefficient (Wildman–Crippen LogP) is 3.81. The minimum absolute atomic E-state index is 0.264. The zero-order valence-corrected chi connectivity index (χ0v) is 11.2. The van der Waals surface area contributed by atoms with Crippen molar-refractivity contribution < 1.29 is 4.39 Å². The van der Waals surface area contributed by atoms with E-state index >= 15 is 0 Å². The minimum atomic E-state index is -0.264. The topological polar surface area (TPSA) is 30.2 Å². The molecule has 0 amide bonds. The number of aromatic nitrogens is 3. The van der Waals surface area contributed by atoms with Crippen LogP contribution in [0.15, 0.2) is 30.3 Å². The molecule has 0 atom stereocenters. The molecule has 0 fully saturated rings. The fourth-order valence-corrected chi connectivity index (χ4v) is 2.43. The van der Waals surface area contributed by atoms with Crippen LogP contribution in [0.3, 0.4) is 0 Å². The highest BCUT2D eigenvalue weighted by Gasteiger charge is 2.15. The molecule has 0 saturated heterocycles. The van der Waals surface area contributed by atoms with Gasteiger partial charge in [0.05, 0.1) is 5.69 Å². The molecule has 2 aromatic heterocycles. The highest BCUT2D eigenvalue weighted by molar-refractivity contribution is 6.29. The summed E-state index contributed by atoms with van der Waals surface area (Å²) in [5, 5.41) is 4.89. The Morgan fingerprint density at radius 1 is 1.16 bits per heavy atom. The molecule has 0 aliphatic rings. The first-order valence-electron chi connectivity index (χ1n) is 5.84. The normalized spacial score (nSPS) is 11.2. The summed E-state index contributed by atoms with van der Waals surface area (Å²) < 4.78 is 14.6. The number of hydrogen-bond acceptors (Lipinski definition) is 2. The van der Waals surface area contributed by atoms with Crippen molar-refractivity contribution in [3.63, 3.8) is 0 Å². The average molecular weight is 276 g/mol. The maximum absolute atomic E-state index is 13.0. The number of nitrogens with zero attached hydrogens (tertiary/aromatic N) is 3. The van der Waals surface area contributed by atoms with Crippen molar-refractivity contribution in [2.75, 3.05) is 0 Å². The van der Waals surface area contributed by atoms with Gasteiger partial charge in [0.1, 0.15) is 11.0 Å². The lowest BCUT2D eigenvalue weighted by Gasteiger charge is -2.02. The van der Waals surface area contributed by atoms with Gasteiger partial charge in [0.2, 0.25) is 0 Å². The fourth-order valence-electron chi connectivity index (χ4n) is 2.15. The Morgan fingerprint density at radius 3 is 2.53 bits per heavy atom. The largest absolute Gasteiger partial charge is 0.233 e. The quantitative estimate of drug-likeness (QED) is 0.632. The van der Waals surface area contributed by atoms with Crippen molar-refractivity contribution >= 4 is 17.2 Å². The van der Waals surface area contributed by atoms with Crippen LogP contribution in [0.4, 0.5) is 4.39 Å². The van der Waals surface area contributed by atoms with E-state index in [4.69, 9.17) is 11.6 Å². The van der Waals surface area contributed by atoms with E-state index in [1.54, 1.807) is 22.7 Å². The van der Waals surface area contributed by atoms with E-state index in [1.165, 1.54) is 12.1 Å². The first-order chi connectivity index (χ1) is 9.06. The zero-order chi connectivity index (χ0) is 13.6. The number of aryl methyl sites for hydroxylation is 2. The van der Waals surface area contributed by atoms with Crippen molar-refractivity contribution in [1.82, 2.24) is 14.6 Å². The Hall–Kier alpha value is -1.94. The van der Waals surface area contributed by atoms with Crippen LogP contribution >= 0.6 is 11.6 Å². The maximum atomic E-state index is 13.0. The first-order valence-corrected chi connectivity index (χ1v) is 6.22. The molecule has 0 bridgehead atoms. The van der Waals surface area contributed by atoms with Gasteiger partial charge in [-0.2, -0.15) is 5.10 Å². The van der Waals surface area contributed by atoms with Gasteiger partial charge in [0.25, 0.3) is 0 Å². The van der Waals surface area contributed by atoms with Crippen LogP contribution in [0.25, 0.3) is 16.8 Å². The van der Waals surface area contributed by atoms with Crippen molar-refractivity contribution in [2.45, 2.75) is 13.8 Å². The Bertz CT molecular complexity index is 762. The van der Waals surface area contributed by atoms with Crippen molar-refractivity contribution in [3.8, 4) is 11.1 Å². The standard InChI is InChI=1S/C14H11ClFN3/c1-8-7-12(15)19-14(17-8)13(9(2)18-19)10-3-5-11(16)6-4-10/h3-7H,1-2H3.